The molecule has 0 saturated heterocycles. The van der Waals surface area contributed by atoms with E-state index in [-0.39, 0.29) is 18.2 Å². The number of rotatable bonds is 8. The molecule has 0 bridgehead atoms. The first kappa shape index (κ1) is 19.6. The van der Waals surface area contributed by atoms with Crippen molar-refractivity contribution >= 4 is 5.91 Å². The normalized spacial score (nSPS) is 12.3. The Labute approximate surface area is 149 Å². The summed E-state index contributed by atoms with van der Waals surface area (Å²) in [5.74, 6) is 0.477. The van der Waals surface area contributed by atoms with Crippen molar-refractivity contribution < 1.29 is 27.4 Å². The third-order valence-electron chi connectivity index (χ3n) is 3.48. The summed E-state index contributed by atoms with van der Waals surface area (Å²) in [6, 6.07) is 15.1. The minimum absolute atomic E-state index is 0.122. The van der Waals surface area contributed by atoms with Crippen LogP contribution in [0.4, 0.5) is 13.2 Å². The predicted octanol–water partition coefficient (Wildman–Crippen LogP) is 4.10. The number of halogens is 3. The van der Waals surface area contributed by atoms with Crippen LogP contribution in [0.1, 0.15) is 18.9 Å². The molecule has 0 aromatic heterocycles. The van der Waals surface area contributed by atoms with Gasteiger partial charge in [-0.25, -0.2) is 0 Å². The summed E-state index contributed by atoms with van der Waals surface area (Å²) in [4.78, 5) is 12.2. The fourth-order valence-electron chi connectivity index (χ4n) is 2.16. The molecule has 4 nitrogen and oxygen atoms in total. The van der Waals surface area contributed by atoms with Gasteiger partial charge in [0.25, 0.3) is 5.91 Å². The molecule has 0 radical (unpaired) electrons. The van der Waals surface area contributed by atoms with Crippen LogP contribution in [-0.2, 0) is 11.3 Å². The molecule has 0 aliphatic rings. The van der Waals surface area contributed by atoms with Crippen LogP contribution >= 0.6 is 0 Å². The van der Waals surface area contributed by atoms with Crippen molar-refractivity contribution in [2.24, 2.45) is 0 Å². The Kier molecular flexibility index (Phi) is 6.89. The van der Waals surface area contributed by atoms with E-state index in [9.17, 15) is 18.0 Å². The van der Waals surface area contributed by atoms with Gasteiger partial charge in [-0.05, 0) is 36.2 Å². The molecule has 0 spiro atoms. The van der Waals surface area contributed by atoms with Gasteiger partial charge < -0.3 is 14.8 Å². The first-order valence-electron chi connectivity index (χ1n) is 8.15. The third kappa shape index (κ3) is 6.66. The van der Waals surface area contributed by atoms with Gasteiger partial charge in [0.2, 0.25) is 0 Å². The molecular formula is C19H20F3NO3. The zero-order chi connectivity index (χ0) is 19.0. The highest BCUT2D eigenvalue weighted by atomic mass is 19.4. The van der Waals surface area contributed by atoms with Crippen LogP contribution < -0.4 is 14.8 Å². The molecule has 0 heterocycles. The number of ether oxygens (including phenoxy) is 2. The highest BCUT2D eigenvalue weighted by Gasteiger charge is 2.28. The molecular weight excluding hydrogens is 347 g/mol. The van der Waals surface area contributed by atoms with Crippen LogP contribution in [0, 0.1) is 0 Å². The van der Waals surface area contributed by atoms with Gasteiger partial charge in [-0.1, -0.05) is 37.3 Å². The lowest BCUT2D eigenvalue weighted by Crippen LogP contribution is -2.37. The number of benzene rings is 2. The smallest absolute Gasteiger partial charge is 0.422 e. The van der Waals surface area contributed by atoms with Gasteiger partial charge >= 0.3 is 6.18 Å². The molecule has 0 aliphatic carbocycles. The first-order valence-corrected chi connectivity index (χ1v) is 8.15. The van der Waals surface area contributed by atoms with E-state index in [1.807, 2.05) is 25.1 Å². The van der Waals surface area contributed by atoms with Crippen molar-refractivity contribution in [3.8, 4) is 11.5 Å². The Morgan fingerprint density at radius 3 is 2.27 bits per heavy atom. The highest BCUT2D eigenvalue weighted by molar-refractivity contribution is 5.81. The Bertz CT molecular complexity index is 687. The quantitative estimate of drug-likeness (QED) is 0.764. The lowest BCUT2D eigenvalue weighted by atomic mass is 10.2. The topological polar surface area (TPSA) is 47.6 Å². The van der Waals surface area contributed by atoms with Gasteiger partial charge in [-0.3, -0.25) is 4.79 Å². The van der Waals surface area contributed by atoms with Crippen molar-refractivity contribution in [1.82, 2.24) is 5.32 Å². The van der Waals surface area contributed by atoms with E-state index in [0.717, 1.165) is 5.56 Å². The Morgan fingerprint density at radius 2 is 1.69 bits per heavy atom. The Hall–Kier alpha value is -2.70. The van der Waals surface area contributed by atoms with E-state index in [1.54, 1.807) is 24.3 Å². The van der Waals surface area contributed by atoms with E-state index >= 15 is 0 Å². The van der Waals surface area contributed by atoms with E-state index < -0.39 is 18.9 Å². The summed E-state index contributed by atoms with van der Waals surface area (Å²) in [6.45, 7) is 0.755. The summed E-state index contributed by atoms with van der Waals surface area (Å²) in [6.07, 6.45) is -4.49. The SMILES string of the molecule is CCC(Oc1ccccc1)C(=O)NCc1ccc(OCC(F)(F)F)cc1. The zero-order valence-electron chi connectivity index (χ0n) is 14.3. The molecule has 140 valence electrons. The van der Waals surface area contributed by atoms with E-state index in [4.69, 9.17) is 4.74 Å². The third-order valence-corrected chi connectivity index (χ3v) is 3.48. The number of alkyl halides is 3. The van der Waals surface area contributed by atoms with Gasteiger partial charge in [0, 0.05) is 6.54 Å². The van der Waals surface area contributed by atoms with Gasteiger partial charge in [-0.2, -0.15) is 13.2 Å². The average Bonchev–Trinajstić information content (AvgIpc) is 2.63. The van der Waals surface area contributed by atoms with Crippen molar-refractivity contribution in [2.75, 3.05) is 6.61 Å². The van der Waals surface area contributed by atoms with Crippen molar-refractivity contribution in [2.45, 2.75) is 32.2 Å². The largest absolute Gasteiger partial charge is 0.484 e. The number of amides is 1. The molecule has 2 rings (SSSR count). The van der Waals surface area contributed by atoms with Crippen molar-refractivity contribution in [3.05, 3.63) is 60.2 Å². The molecule has 0 fully saturated rings. The second-order valence-corrected chi connectivity index (χ2v) is 5.59. The second-order valence-electron chi connectivity index (χ2n) is 5.59. The molecule has 0 aliphatic heterocycles. The molecule has 0 saturated carbocycles. The van der Waals surface area contributed by atoms with Crippen molar-refractivity contribution in [3.63, 3.8) is 0 Å². The molecule has 26 heavy (non-hydrogen) atoms. The number of hydrogen-bond acceptors (Lipinski definition) is 3. The van der Waals surface area contributed by atoms with Crippen LogP contribution in [0.25, 0.3) is 0 Å². The molecule has 1 unspecified atom stereocenters. The lowest BCUT2D eigenvalue weighted by Gasteiger charge is -2.17. The lowest BCUT2D eigenvalue weighted by molar-refractivity contribution is -0.153. The minimum atomic E-state index is -4.37. The molecule has 1 N–H and O–H groups in total. The molecule has 2 aromatic rings. The van der Waals surface area contributed by atoms with Gasteiger partial charge in [0.05, 0.1) is 0 Å². The van der Waals surface area contributed by atoms with Gasteiger partial charge in [-0.15, -0.1) is 0 Å². The zero-order valence-corrected chi connectivity index (χ0v) is 14.3. The molecule has 7 heteroatoms. The molecule has 1 atom stereocenters. The summed E-state index contributed by atoms with van der Waals surface area (Å²) < 4.78 is 46.6. The predicted molar refractivity (Wildman–Crippen MR) is 91.0 cm³/mol. The van der Waals surface area contributed by atoms with Gasteiger partial charge in [0.1, 0.15) is 11.5 Å². The molecule has 1 amide bonds. The average molecular weight is 367 g/mol. The maximum absolute atomic E-state index is 12.2. The summed E-state index contributed by atoms with van der Waals surface area (Å²) >= 11 is 0. The van der Waals surface area contributed by atoms with E-state index in [0.29, 0.717) is 12.2 Å². The number of carbonyl (C=O) groups is 1. The minimum Gasteiger partial charge on any atom is -0.484 e. The first-order chi connectivity index (χ1) is 12.4. The van der Waals surface area contributed by atoms with Crippen LogP contribution in [0.5, 0.6) is 11.5 Å². The van der Waals surface area contributed by atoms with Gasteiger partial charge in [0.15, 0.2) is 12.7 Å². The second kappa shape index (κ2) is 9.12. The number of carbonyl (C=O) groups excluding carboxylic acids is 1. The molecule has 2 aromatic carbocycles. The van der Waals surface area contributed by atoms with Crippen LogP contribution in [-0.4, -0.2) is 24.8 Å². The summed E-state index contributed by atoms with van der Waals surface area (Å²) in [7, 11) is 0. The number of nitrogens with one attached hydrogen (secondary N) is 1. The number of para-hydroxylation sites is 1. The van der Waals surface area contributed by atoms with Crippen molar-refractivity contribution in [1.29, 1.82) is 0 Å². The fraction of sp³-hybridized carbons (Fsp3) is 0.316. The summed E-state index contributed by atoms with van der Waals surface area (Å²) in [5.41, 5.74) is 0.743. The summed E-state index contributed by atoms with van der Waals surface area (Å²) in [5, 5.41) is 2.76. The standard InChI is InChI=1S/C19H20F3NO3/c1-2-17(26-16-6-4-3-5-7-16)18(24)23-12-14-8-10-15(11-9-14)25-13-19(20,21)22/h3-11,17H,2,12-13H2,1H3,(H,23,24). The highest BCUT2D eigenvalue weighted by Crippen LogP contribution is 2.19. The van der Waals surface area contributed by atoms with E-state index in [1.165, 1.54) is 12.1 Å². The Morgan fingerprint density at radius 1 is 1.04 bits per heavy atom. The van der Waals surface area contributed by atoms with Crippen LogP contribution in [0.3, 0.4) is 0 Å². The maximum Gasteiger partial charge on any atom is 0.422 e. The van der Waals surface area contributed by atoms with E-state index in [2.05, 4.69) is 10.1 Å². The monoisotopic (exact) mass is 367 g/mol. The van der Waals surface area contributed by atoms with Crippen LogP contribution in [0.2, 0.25) is 0 Å². The Balaban J connectivity index is 1.84. The maximum atomic E-state index is 12.2. The van der Waals surface area contributed by atoms with Crippen LogP contribution in [0.15, 0.2) is 54.6 Å². The number of hydrogen-bond donors (Lipinski definition) is 1. The fourth-order valence-corrected chi connectivity index (χ4v) is 2.16.